The van der Waals surface area contributed by atoms with E-state index in [1.165, 1.54) is 16.6 Å². The third-order valence-electron chi connectivity index (χ3n) is 4.43. The highest BCUT2D eigenvalue weighted by Crippen LogP contribution is 2.28. The molecular weight excluding hydrogens is 388 g/mol. The summed E-state index contributed by atoms with van der Waals surface area (Å²) in [6.45, 7) is 7.13. The van der Waals surface area contributed by atoms with Crippen molar-refractivity contribution in [2.45, 2.75) is 51.4 Å². The van der Waals surface area contributed by atoms with Crippen LogP contribution in [0.3, 0.4) is 0 Å². The molecule has 28 heavy (non-hydrogen) atoms. The number of amides is 1. The van der Waals surface area contributed by atoms with Gasteiger partial charge in [-0.25, -0.2) is 0 Å². The number of nitrogens with zero attached hydrogens (tertiary/aromatic N) is 3. The highest BCUT2D eigenvalue weighted by molar-refractivity contribution is 7.99. The summed E-state index contributed by atoms with van der Waals surface area (Å²) in [5.41, 5.74) is 2.21. The second kappa shape index (κ2) is 9.89. The van der Waals surface area contributed by atoms with E-state index in [2.05, 4.69) is 45.4 Å². The molecule has 0 saturated carbocycles. The summed E-state index contributed by atoms with van der Waals surface area (Å²) >= 11 is 3.19. The van der Waals surface area contributed by atoms with E-state index in [0.29, 0.717) is 5.75 Å². The highest BCUT2D eigenvalue weighted by atomic mass is 32.2. The van der Waals surface area contributed by atoms with Gasteiger partial charge in [-0.1, -0.05) is 55.9 Å². The maximum Gasteiger partial charge on any atom is 0.230 e. The van der Waals surface area contributed by atoms with Crippen molar-refractivity contribution in [3.05, 3.63) is 52.2 Å². The molecule has 5 nitrogen and oxygen atoms in total. The fourth-order valence-corrected chi connectivity index (χ4v) is 4.54. The van der Waals surface area contributed by atoms with E-state index in [-0.39, 0.29) is 11.9 Å². The topological polar surface area (TPSA) is 59.8 Å². The minimum absolute atomic E-state index is 0.00208. The molecule has 3 aromatic rings. The van der Waals surface area contributed by atoms with E-state index < -0.39 is 0 Å². The maximum absolute atomic E-state index is 12.4. The van der Waals surface area contributed by atoms with Crippen LogP contribution in [0.2, 0.25) is 0 Å². The molecule has 1 amide bonds. The number of nitrogens with one attached hydrogen (secondary N) is 1. The van der Waals surface area contributed by atoms with Crippen molar-refractivity contribution in [1.82, 2.24) is 20.1 Å². The number of aromatic nitrogens is 3. The third kappa shape index (κ3) is 5.02. The molecule has 0 aliphatic carbocycles. The van der Waals surface area contributed by atoms with Gasteiger partial charge < -0.3 is 9.88 Å². The van der Waals surface area contributed by atoms with Gasteiger partial charge in [0.2, 0.25) is 5.91 Å². The van der Waals surface area contributed by atoms with E-state index in [1.807, 2.05) is 37.3 Å². The minimum atomic E-state index is -0.0170. The maximum atomic E-state index is 12.4. The lowest BCUT2D eigenvalue weighted by Crippen LogP contribution is -2.28. The zero-order chi connectivity index (χ0) is 19.9. The molecular formula is C21H26N4OS2. The molecule has 1 aromatic carbocycles. The van der Waals surface area contributed by atoms with Crippen LogP contribution < -0.4 is 5.32 Å². The average Bonchev–Trinajstić information content (AvgIpc) is 3.34. The number of hydrogen-bond acceptors (Lipinski definition) is 5. The first-order valence-corrected chi connectivity index (χ1v) is 11.5. The Labute approximate surface area is 174 Å². The predicted octanol–water partition coefficient (Wildman–Crippen LogP) is 4.95. The standard InChI is InChI=1S/C21H26N4OS2/c1-4-11-25-20(17-12-18(5-2)27-13-17)23-24-21(25)28-14-19(26)22-15(3)16-9-7-6-8-10-16/h6-10,12-13,15H,4-5,11,14H2,1-3H3,(H,22,26). The molecule has 0 aliphatic rings. The van der Waals surface area contributed by atoms with E-state index in [9.17, 15) is 4.79 Å². The van der Waals surface area contributed by atoms with Crippen LogP contribution in [0.1, 0.15) is 43.7 Å². The minimum Gasteiger partial charge on any atom is -0.349 e. The van der Waals surface area contributed by atoms with Crippen molar-refractivity contribution >= 4 is 29.0 Å². The Bertz CT molecular complexity index is 904. The Hall–Kier alpha value is -2.12. The summed E-state index contributed by atoms with van der Waals surface area (Å²) in [7, 11) is 0. The Morgan fingerprint density at radius 3 is 2.71 bits per heavy atom. The van der Waals surface area contributed by atoms with Crippen molar-refractivity contribution in [1.29, 1.82) is 0 Å². The Balaban J connectivity index is 1.66. The van der Waals surface area contributed by atoms with Crippen LogP contribution >= 0.6 is 23.1 Å². The summed E-state index contributed by atoms with van der Waals surface area (Å²) in [6, 6.07) is 12.1. The number of carbonyl (C=O) groups is 1. The molecule has 0 aliphatic heterocycles. The second-order valence-corrected chi connectivity index (χ2v) is 8.54. The summed E-state index contributed by atoms with van der Waals surface area (Å²) in [5.74, 6) is 1.21. The largest absolute Gasteiger partial charge is 0.349 e. The van der Waals surface area contributed by atoms with Crippen LogP contribution in [0.5, 0.6) is 0 Å². The molecule has 148 valence electrons. The predicted molar refractivity (Wildman–Crippen MR) is 117 cm³/mol. The quantitative estimate of drug-likeness (QED) is 0.503. The molecule has 1 N–H and O–H groups in total. The number of aryl methyl sites for hydroxylation is 1. The van der Waals surface area contributed by atoms with E-state index in [1.54, 1.807) is 11.3 Å². The van der Waals surface area contributed by atoms with Crippen molar-refractivity contribution in [3.8, 4) is 11.4 Å². The van der Waals surface area contributed by atoms with Gasteiger partial charge in [0.25, 0.3) is 0 Å². The molecule has 0 radical (unpaired) electrons. The molecule has 2 heterocycles. The summed E-state index contributed by atoms with van der Waals surface area (Å²) in [4.78, 5) is 13.7. The molecule has 0 spiro atoms. The molecule has 0 fully saturated rings. The molecule has 0 saturated heterocycles. The van der Waals surface area contributed by atoms with Crippen LogP contribution in [-0.2, 0) is 17.8 Å². The number of hydrogen-bond donors (Lipinski definition) is 1. The van der Waals surface area contributed by atoms with E-state index >= 15 is 0 Å². The van der Waals surface area contributed by atoms with Crippen molar-refractivity contribution < 1.29 is 4.79 Å². The van der Waals surface area contributed by atoms with Gasteiger partial charge in [-0.3, -0.25) is 4.79 Å². The van der Waals surface area contributed by atoms with Gasteiger partial charge >= 0.3 is 0 Å². The van der Waals surface area contributed by atoms with Crippen LogP contribution in [0, 0.1) is 0 Å². The summed E-state index contributed by atoms with van der Waals surface area (Å²) in [5, 5.41) is 14.7. The Kier molecular flexibility index (Phi) is 7.28. The first-order chi connectivity index (χ1) is 13.6. The number of carbonyl (C=O) groups excluding carboxylic acids is 1. The second-order valence-electron chi connectivity index (χ2n) is 6.60. The fraction of sp³-hybridized carbons (Fsp3) is 0.381. The van der Waals surface area contributed by atoms with Crippen molar-refractivity contribution in [2.75, 3.05) is 5.75 Å². The third-order valence-corrected chi connectivity index (χ3v) is 6.48. The van der Waals surface area contributed by atoms with Crippen LogP contribution in [0.15, 0.2) is 46.9 Å². The zero-order valence-corrected chi connectivity index (χ0v) is 18.1. The van der Waals surface area contributed by atoms with Gasteiger partial charge in [0.05, 0.1) is 11.8 Å². The van der Waals surface area contributed by atoms with Crippen molar-refractivity contribution in [3.63, 3.8) is 0 Å². The smallest absolute Gasteiger partial charge is 0.230 e. The monoisotopic (exact) mass is 414 g/mol. The SMILES string of the molecule is CCCn1c(SCC(=O)NC(C)c2ccccc2)nnc1-c1csc(CC)c1. The normalized spacial score (nSPS) is 12.1. The molecule has 0 bridgehead atoms. The number of rotatable bonds is 9. The van der Waals surface area contributed by atoms with Gasteiger partial charge in [-0.15, -0.1) is 21.5 Å². The summed E-state index contributed by atoms with van der Waals surface area (Å²) in [6.07, 6.45) is 2.01. The molecule has 1 unspecified atom stereocenters. The van der Waals surface area contributed by atoms with Gasteiger partial charge in [0, 0.05) is 22.4 Å². The van der Waals surface area contributed by atoms with Crippen LogP contribution in [0.4, 0.5) is 0 Å². The first-order valence-electron chi connectivity index (χ1n) is 9.60. The lowest BCUT2D eigenvalue weighted by Gasteiger charge is -2.14. The number of thioether (sulfide) groups is 1. The number of thiophene rings is 1. The fourth-order valence-electron chi connectivity index (χ4n) is 2.96. The van der Waals surface area contributed by atoms with E-state index in [4.69, 9.17) is 0 Å². The zero-order valence-electron chi connectivity index (χ0n) is 16.5. The molecule has 3 rings (SSSR count). The number of benzene rings is 1. The van der Waals surface area contributed by atoms with E-state index in [0.717, 1.165) is 41.5 Å². The molecule has 2 aromatic heterocycles. The first kappa shape index (κ1) is 20.6. The van der Waals surface area contributed by atoms with Gasteiger partial charge in [-0.2, -0.15) is 0 Å². The van der Waals surface area contributed by atoms with Crippen molar-refractivity contribution in [2.24, 2.45) is 0 Å². The summed E-state index contributed by atoms with van der Waals surface area (Å²) < 4.78 is 2.13. The Morgan fingerprint density at radius 2 is 2.04 bits per heavy atom. The van der Waals surface area contributed by atoms with Gasteiger partial charge in [0.1, 0.15) is 0 Å². The Morgan fingerprint density at radius 1 is 1.25 bits per heavy atom. The van der Waals surface area contributed by atoms with Gasteiger partial charge in [0.15, 0.2) is 11.0 Å². The molecule has 1 atom stereocenters. The van der Waals surface area contributed by atoms with Gasteiger partial charge in [-0.05, 0) is 31.4 Å². The highest BCUT2D eigenvalue weighted by Gasteiger charge is 2.17. The van der Waals surface area contributed by atoms with Crippen LogP contribution in [0.25, 0.3) is 11.4 Å². The van der Waals surface area contributed by atoms with Crippen LogP contribution in [-0.4, -0.2) is 26.4 Å². The average molecular weight is 415 g/mol. The lowest BCUT2D eigenvalue weighted by molar-refractivity contribution is -0.119. The lowest BCUT2D eigenvalue weighted by atomic mass is 10.1. The molecule has 7 heteroatoms.